The zero-order valence-corrected chi connectivity index (χ0v) is 12.1. The number of amides is 1. The molecule has 108 valence electrons. The molecule has 1 amide bonds. The lowest BCUT2D eigenvalue weighted by Gasteiger charge is -2.09. The van der Waals surface area contributed by atoms with Gasteiger partial charge in [0.1, 0.15) is 11.3 Å². The third kappa shape index (κ3) is 2.11. The largest absolute Gasteiger partial charge is 0.422 e. The summed E-state index contributed by atoms with van der Waals surface area (Å²) in [4.78, 5) is 24.3. The number of nitrogens with one attached hydrogen (secondary N) is 1. The van der Waals surface area contributed by atoms with Gasteiger partial charge in [0.2, 0.25) is 0 Å². The molecular weight excluding hydrogens is 268 g/mol. The van der Waals surface area contributed by atoms with Crippen LogP contribution in [0.1, 0.15) is 24.3 Å². The van der Waals surface area contributed by atoms with E-state index in [1.165, 1.54) is 0 Å². The van der Waals surface area contributed by atoms with Crippen molar-refractivity contribution >= 4 is 27.8 Å². The zero-order valence-electron chi connectivity index (χ0n) is 12.1. The Morgan fingerprint density at radius 2 is 1.95 bits per heavy atom. The first-order valence-corrected chi connectivity index (χ1v) is 6.81. The molecule has 1 N–H and O–H groups in total. The lowest BCUT2D eigenvalue weighted by atomic mass is 10.2. The highest BCUT2D eigenvalue weighted by Crippen LogP contribution is 2.25. The Labute approximate surface area is 121 Å². The molecule has 0 atom stereocenters. The van der Waals surface area contributed by atoms with E-state index in [1.54, 1.807) is 23.7 Å². The number of para-hydroxylation sites is 1. The van der Waals surface area contributed by atoms with Gasteiger partial charge in [-0.2, -0.15) is 0 Å². The Bertz CT molecular complexity index is 903. The van der Waals surface area contributed by atoms with Crippen molar-refractivity contribution in [2.24, 2.45) is 7.05 Å². The predicted octanol–water partition coefficient (Wildman–Crippen LogP) is 2.42. The summed E-state index contributed by atoms with van der Waals surface area (Å²) < 4.78 is 7.05. The van der Waals surface area contributed by atoms with Crippen LogP contribution in [-0.4, -0.2) is 16.5 Å². The number of carbonyl (C=O) groups is 1. The lowest BCUT2D eigenvalue weighted by Crippen LogP contribution is -2.31. The van der Waals surface area contributed by atoms with Gasteiger partial charge < -0.3 is 14.3 Å². The standard InChI is InChI=1S/C16H16N2O3/c1-9(2)17-15(19)12-8-11-14(18(12)3)10-6-4-5-7-13(10)21-16(11)20/h4-9H,1-3H3,(H,17,19). The molecule has 0 aliphatic carbocycles. The minimum Gasteiger partial charge on any atom is -0.422 e. The van der Waals surface area contributed by atoms with Crippen molar-refractivity contribution < 1.29 is 9.21 Å². The Kier molecular flexibility index (Phi) is 3.05. The van der Waals surface area contributed by atoms with Crippen molar-refractivity contribution in [3.8, 4) is 0 Å². The number of fused-ring (bicyclic) bond motifs is 3. The summed E-state index contributed by atoms with van der Waals surface area (Å²) >= 11 is 0. The summed E-state index contributed by atoms with van der Waals surface area (Å²) in [5.41, 5.74) is 1.26. The second kappa shape index (κ2) is 4.77. The smallest absolute Gasteiger partial charge is 0.345 e. The molecule has 21 heavy (non-hydrogen) atoms. The highest BCUT2D eigenvalue weighted by molar-refractivity contribution is 6.07. The van der Waals surface area contributed by atoms with Gasteiger partial charge in [0.05, 0.1) is 10.9 Å². The summed E-state index contributed by atoms with van der Waals surface area (Å²) in [5, 5.41) is 4.08. The first-order chi connectivity index (χ1) is 9.99. The third-order valence-electron chi connectivity index (χ3n) is 3.45. The number of aryl methyl sites for hydroxylation is 1. The number of benzene rings is 1. The summed E-state index contributed by atoms with van der Waals surface area (Å²) in [7, 11) is 1.78. The second-order valence-electron chi connectivity index (χ2n) is 5.36. The average Bonchev–Trinajstić information content (AvgIpc) is 2.77. The fourth-order valence-electron chi connectivity index (χ4n) is 2.54. The van der Waals surface area contributed by atoms with Gasteiger partial charge in [-0.05, 0) is 32.0 Å². The first-order valence-electron chi connectivity index (χ1n) is 6.81. The molecule has 1 aromatic carbocycles. The molecular formula is C16H16N2O3. The van der Waals surface area contributed by atoms with Crippen molar-refractivity contribution in [2.45, 2.75) is 19.9 Å². The highest BCUT2D eigenvalue weighted by Gasteiger charge is 2.18. The molecule has 0 saturated carbocycles. The Hall–Kier alpha value is -2.56. The maximum Gasteiger partial charge on any atom is 0.345 e. The fourth-order valence-corrected chi connectivity index (χ4v) is 2.54. The van der Waals surface area contributed by atoms with Gasteiger partial charge in [0.15, 0.2) is 0 Å². The van der Waals surface area contributed by atoms with Crippen LogP contribution >= 0.6 is 0 Å². The van der Waals surface area contributed by atoms with Crippen LogP contribution < -0.4 is 10.9 Å². The maximum atomic E-state index is 12.2. The summed E-state index contributed by atoms with van der Waals surface area (Å²) in [5.74, 6) is -0.202. The maximum absolute atomic E-state index is 12.2. The Morgan fingerprint density at radius 3 is 2.67 bits per heavy atom. The first kappa shape index (κ1) is 13.4. The van der Waals surface area contributed by atoms with Crippen molar-refractivity contribution in [1.29, 1.82) is 0 Å². The molecule has 3 rings (SSSR count). The van der Waals surface area contributed by atoms with Crippen LogP contribution in [0.5, 0.6) is 0 Å². The van der Waals surface area contributed by atoms with Gasteiger partial charge in [-0.25, -0.2) is 4.79 Å². The topological polar surface area (TPSA) is 64.2 Å². The van der Waals surface area contributed by atoms with Crippen LogP contribution in [-0.2, 0) is 7.05 Å². The van der Waals surface area contributed by atoms with Crippen LogP contribution in [0.3, 0.4) is 0 Å². The van der Waals surface area contributed by atoms with Crippen LogP contribution in [0.4, 0.5) is 0 Å². The molecule has 0 radical (unpaired) electrons. The van der Waals surface area contributed by atoms with Gasteiger partial charge in [0.25, 0.3) is 5.91 Å². The second-order valence-corrected chi connectivity index (χ2v) is 5.36. The monoisotopic (exact) mass is 284 g/mol. The molecule has 2 heterocycles. The van der Waals surface area contributed by atoms with Gasteiger partial charge >= 0.3 is 5.63 Å². The summed E-state index contributed by atoms with van der Waals surface area (Å²) in [6, 6.07) is 8.94. The molecule has 0 saturated heterocycles. The van der Waals surface area contributed by atoms with Crippen molar-refractivity contribution in [3.63, 3.8) is 0 Å². The van der Waals surface area contributed by atoms with Gasteiger partial charge in [-0.1, -0.05) is 12.1 Å². The number of carbonyl (C=O) groups excluding carboxylic acids is 1. The average molecular weight is 284 g/mol. The van der Waals surface area contributed by atoms with E-state index in [4.69, 9.17) is 4.42 Å². The van der Waals surface area contributed by atoms with E-state index in [2.05, 4.69) is 5.32 Å². The predicted molar refractivity (Wildman–Crippen MR) is 81.6 cm³/mol. The van der Waals surface area contributed by atoms with E-state index in [0.29, 0.717) is 16.7 Å². The SMILES string of the molecule is CC(C)NC(=O)c1cc2c(=O)oc3ccccc3c2n1C. The molecule has 5 nitrogen and oxygen atoms in total. The van der Waals surface area contributed by atoms with Gasteiger partial charge in [-0.15, -0.1) is 0 Å². The molecule has 0 spiro atoms. The number of rotatable bonds is 2. The molecule has 0 aliphatic heterocycles. The van der Waals surface area contributed by atoms with Crippen LogP contribution in [0.15, 0.2) is 39.5 Å². The van der Waals surface area contributed by atoms with Crippen molar-refractivity contribution in [2.75, 3.05) is 0 Å². The normalized spacial score (nSPS) is 11.4. The molecule has 0 unspecified atom stereocenters. The van der Waals surface area contributed by atoms with E-state index in [-0.39, 0.29) is 11.9 Å². The van der Waals surface area contributed by atoms with E-state index >= 15 is 0 Å². The molecule has 0 fully saturated rings. The molecule has 0 aliphatic rings. The summed E-state index contributed by atoms with van der Waals surface area (Å²) in [6.07, 6.45) is 0. The minimum absolute atomic E-state index is 0.0312. The lowest BCUT2D eigenvalue weighted by molar-refractivity contribution is 0.0935. The zero-order chi connectivity index (χ0) is 15.1. The van der Waals surface area contributed by atoms with Gasteiger partial charge in [-0.3, -0.25) is 4.79 Å². The van der Waals surface area contributed by atoms with E-state index < -0.39 is 5.63 Å². The highest BCUT2D eigenvalue weighted by atomic mass is 16.4. The van der Waals surface area contributed by atoms with Crippen molar-refractivity contribution in [1.82, 2.24) is 9.88 Å². The van der Waals surface area contributed by atoms with Crippen LogP contribution in [0.2, 0.25) is 0 Å². The Balaban J connectivity index is 2.34. The molecule has 2 aromatic heterocycles. The van der Waals surface area contributed by atoms with E-state index in [0.717, 1.165) is 10.9 Å². The Morgan fingerprint density at radius 1 is 1.24 bits per heavy atom. The van der Waals surface area contributed by atoms with Crippen LogP contribution in [0, 0.1) is 0 Å². The van der Waals surface area contributed by atoms with E-state index in [9.17, 15) is 9.59 Å². The quantitative estimate of drug-likeness (QED) is 0.735. The van der Waals surface area contributed by atoms with E-state index in [1.807, 2.05) is 32.0 Å². The van der Waals surface area contributed by atoms with Crippen LogP contribution in [0.25, 0.3) is 21.9 Å². The van der Waals surface area contributed by atoms with Crippen molar-refractivity contribution in [3.05, 3.63) is 46.4 Å². The fraction of sp³-hybridized carbons (Fsp3) is 0.250. The number of nitrogens with zero attached hydrogens (tertiary/aromatic N) is 1. The van der Waals surface area contributed by atoms with Gasteiger partial charge in [0, 0.05) is 18.5 Å². The molecule has 0 bridgehead atoms. The minimum atomic E-state index is -0.428. The number of hydrogen-bond donors (Lipinski definition) is 1. The summed E-state index contributed by atoms with van der Waals surface area (Å²) in [6.45, 7) is 3.79. The number of aromatic nitrogens is 1. The molecule has 5 heteroatoms. The number of hydrogen-bond acceptors (Lipinski definition) is 3. The third-order valence-corrected chi connectivity index (χ3v) is 3.45. The molecule has 3 aromatic rings.